The average molecular weight is 292 g/mol. The molecule has 0 aliphatic rings. The van der Waals surface area contributed by atoms with E-state index < -0.39 is 12.0 Å². The Balaban J connectivity index is 2.37. The highest BCUT2D eigenvalue weighted by Gasteiger charge is 2.22. The van der Waals surface area contributed by atoms with Crippen LogP contribution in [0.4, 0.5) is 0 Å². The van der Waals surface area contributed by atoms with E-state index in [1.807, 2.05) is 44.2 Å². The highest BCUT2D eigenvalue weighted by atomic mass is 16.5. The summed E-state index contributed by atoms with van der Waals surface area (Å²) in [5.74, 6) is -0.311. The number of methoxy groups -OCH3 is 1. The minimum Gasteiger partial charge on any atom is -0.467 e. The Morgan fingerprint density at radius 1 is 1.19 bits per heavy atom. The zero-order valence-electron chi connectivity index (χ0n) is 12.9. The first-order chi connectivity index (χ1) is 10.0. The van der Waals surface area contributed by atoms with E-state index in [1.54, 1.807) is 0 Å². The summed E-state index contributed by atoms with van der Waals surface area (Å²) in [5.41, 5.74) is 1.11. The SMILES string of the molecule is COC(=O)[C@@H](CC(C)C)NC(=O)CNCc1ccccc1. The summed E-state index contributed by atoms with van der Waals surface area (Å²) in [6, 6.07) is 9.24. The Morgan fingerprint density at radius 3 is 2.43 bits per heavy atom. The molecule has 0 spiro atoms. The van der Waals surface area contributed by atoms with Crippen molar-refractivity contribution in [2.75, 3.05) is 13.7 Å². The second-order valence-electron chi connectivity index (χ2n) is 5.36. The third-order valence-corrected chi connectivity index (χ3v) is 2.99. The predicted molar refractivity (Wildman–Crippen MR) is 81.6 cm³/mol. The van der Waals surface area contributed by atoms with Crippen molar-refractivity contribution in [3.05, 3.63) is 35.9 Å². The van der Waals surface area contributed by atoms with E-state index in [-0.39, 0.29) is 12.5 Å². The molecule has 0 bridgehead atoms. The van der Waals surface area contributed by atoms with Crippen molar-refractivity contribution in [2.45, 2.75) is 32.9 Å². The van der Waals surface area contributed by atoms with Crippen molar-refractivity contribution in [3.8, 4) is 0 Å². The summed E-state index contributed by atoms with van der Waals surface area (Å²) in [4.78, 5) is 23.5. The fourth-order valence-electron chi connectivity index (χ4n) is 1.99. The van der Waals surface area contributed by atoms with E-state index in [0.717, 1.165) is 5.56 Å². The van der Waals surface area contributed by atoms with Crippen molar-refractivity contribution >= 4 is 11.9 Å². The van der Waals surface area contributed by atoms with Crippen molar-refractivity contribution < 1.29 is 14.3 Å². The second kappa shape index (κ2) is 9.13. The van der Waals surface area contributed by atoms with Gasteiger partial charge in [0.2, 0.25) is 5.91 Å². The molecule has 0 fully saturated rings. The van der Waals surface area contributed by atoms with Gasteiger partial charge in [0.05, 0.1) is 13.7 Å². The summed E-state index contributed by atoms with van der Waals surface area (Å²) in [7, 11) is 1.33. The van der Waals surface area contributed by atoms with Gasteiger partial charge in [0, 0.05) is 6.54 Å². The lowest BCUT2D eigenvalue weighted by atomic mass is 10.0. The van der Waals surface area contributed by atoms with Gasteiger partial charge >= 0.3 is 5.97 Å². The lowest BCUT2D eigenvalue weighted by Crippen LogP contribution is -2.45. The number of nitrogens with one attached hydrogen (secondary N) is 2. The maximum absolute atomic E-state index is 11.9. The van der Waals surface area contributed by atoms with E-state index in [0.29, 0.717) is 18.9 Å². The van der Waals surface area contributed by atoms with Crippen LogP contribution in [-0.4, -0.2) is 31.6 Å². The molecule has 0 aliphatic heterocycles. The number of esters is 1. The van der Waals surface area contributed by atoms with Crippen molar-refractivity contribution in [1.29, 1.82) is 0 Å². The van der Waals surface area contributed by atoms with Gasteiger partial charge in [-0.1, -0.05) is 44.2 Å². The Hall–Kier alpha value is -1.88. The number of amides is 1. The van der Waals surface area contributed by atoms with Crippen LogP contribution in [-0.2, 0) is 20.9 Å². The summed E-state index contributed by atoms with van der Waals surface area (Å²) in [5, 5.41) is 5.76. The van der Waals surface area contributed by atoms with Crippen LogP contribution < -0.4 is 10.6 Å². The molecule has 116 valence electrons. The number of ether oxygens (including phenoxy) is 1. The molecule has 1 atom stereocenters. The number of carbonyl (C=O) groups is 2. The van der Waals surface area contributed by atoms with Gasteiger partial charge in [-0.05, 0) is 17.9 Å². The van der Waals surface area contributed by atoms with E-state index in [1.165, 1.54) is 7.11 Å². The van der Waals surface area contributed by atoms with E-state index >= 15 is 0 Å². The van der Waals surface area contributed by atoms with Gasteiger partial charge in [-0.25, -0.2) is 4.79 Å². The third kappa shape index (κ3) is 6.90. The largest absolute Gasteiger partial charge is 0.467 e. The summed E-state index contributed by atoms with van der Waals surface area (Å²) < 4.78 is 4.71. The molecule has 0 radical (unpaired) electrons. The Labute approximate surface area is 126 Å². The molecule has 0 saturated heterocycles. The quantitative estimate of drug-likeness (QED) is 0.712. The molecule has 0 aliphatic carbocycles. The number of rotatable bonds is 8. The molecule has 1 rings (SSSR count). The van der Waals surface area contributed by atoms with Crippen molar-refractivity contribution in [1.82, 2.24) is 10.6 Å². The topological polar surface area (TPSA) is 67.4 Å². The van der Waals surface area contributed by atoms with Crippen LogP contribution in [0.2, 0.25) is 0 Å². The lowest BCUT2D eigenvalue weighted by molar-refractivity contribution is -0.145. The predicted octanol–water partition coefficient (Wildman–Crippen LogP) is 1.48. The third-order valence-electron chi connectivity index (χ3n) is 2.99. The van der Waals surface area contributed by atoms with Gasteiger partial charge in [-0.3, -0.25) is 4.79 Å². The molecule has 1 aromatic rings. The Bertz CT molecular complexity index is 446. The number of hydrogen-bond donors (Lipinski definition) is 2. The first-order valence-electron chi connectivity index (χ1n) is 7.14. The Kier molecular flexibility index (Phi) is 7.46. The van der Waals surface area contributed by atoms with Gasteiger partial charge in [-0.15, -0.1) is 0 Å². The molecule has 1 amide bonds. The first kappa shape index (κ1) is 17.2. The van der Waals surface area contributed by atoms with Gasteiger partial charge in [0.15, 0.2) is 0 Å². The van der Waals surface area contributed by atoms with E-state index in [2.05, 4.69) is 10.6 Å². The van der Waals surface area contributed by atoms with Crippen LogP contribution in [0.1, 0.15) is 25.8 Å². The first-order valence-corrected chi connectivity index (χ1v) is 7.14. The van der Waals surface area contributed by atoms with Crippen LogP contribution in [0.25, 0.3) is 0 Å². The zero-order valence-corrected chi connectivity index (χ0v) is 12.9. The molecule has 5 heteroatoms. The summed E-state index contributed by atoms with van der Waals surface area (Å²) in [6.07, 6.45) is 0.567. The van der Waals surface area contributed by atoms with Gasteiger partial charge in [0.1, 0.15) is 6.04 Å². The molecule has 21 heavy (non-hydrogen) atoms. The second-order valence-corrected chi connectivity index (χ2v) is 5.36. The van der Waals surface area contributed by atoms with Gasteiger partial charge in [-0.2, -0.15) is 0 Å². The number of hydrogen-bond acceptors (Lipinski definition) is 4. The highest BCUT2D eigenvalue weighted by Crippen LogP contribution is 2.06. The molecule has 0 saturated carbocycles. The lowest BCUT2D eigenvalue weighted by Gasteiger charge is -2.18. The van der Waals surface area contributed by atoms with Gasteiger partial charge < -0.3 is 15.4 Å². The van der Waals surface area contributed by atoms with Gasteiger partial charge in [0.25, 0.3) is 0 Å². The van der Waals surface area contributed by atoms with Crippen LogP contribution >= 0.6 is 0 Å². The minimum absolute atomic E-state index is 0.167. The minimum atomic E-state index is -0.582. The van der Waals surface area contributed by atoms with Crippen LogP contribution in [0.15, 0.2) is 30.3 Å². The van der Waals surface area contributed by atoms with Crippen LogP contribution in [0.3, 0.4) is 0 Å². The number of benzene rings is 1. The number of carbonyl (C=O) groups excluding carboxylic acids is 2. The molecule has 1 aromatic carbocycles. The monoisotopic (exact) mass is 292 g/mol. The average Bonchev–Trinajstić information content (AvgIpc) is 2.46. The maximum Gasteiger partial charge on any atom is 0.328 e. The normalized spacial score (nSPS) is 12.0. The molecule has 0 heterocycles. The van der Waals surface area contributed by atoms with E-state index in [9.17, 15) is 9.59 Å². The van der Waals surface area contributed by atoms with Crippen LogP contribution in [0, 0.1) is 5.92 Å². The van der Waals surface area contributed by atoms with Crippen molar-refractivity contribution in [3.63, 3.8) is 0 Å². The fourth-order valence-corrected chi connectivity index (χ4v) is 1.99. The van der Waals surface area contributed by atoms with Crippen molar-refractivity contribution in [2.24, 2.45) is 5.92 Å². The Morgan fingerprint density at radius 2 is 1.86 bits per heavy atom. The molecule has 5 nitrogen and oxygen atoms in total. The molecule has 0 aromatic heterocycles. The maximum atomic E-state index is 11.9. The van der Waals surface area contributed by atoms with Crippen LogP contribution in [0.5, 0.6) is 0 Å². The summed E-state index contributed by atoms with van der Waals surface area (Å²) >= 11 is 0. The molecular weight excluding hydrogens is 268 g/mol. The summed E-state index contributed by atoms with van der Waals surface area (Å²) in [6.45, 7) is 4.77. The van der Waals surface area contributed by atoms with E-state index in [4.69, 9.17) is 4.74 Å². The molecule has 2 N–H and O–H groups in total. The molecule has 0 unspecified atom stereocenters. The molecular formula is C16H24N2O3. The smallest absolute Gasteiger partial charge is 0.328 e. The fraction of sp³-hybridized carbons (Fsp3) is 0.500. The zero-order chi connectivity index (χ0) is 15.7. The standard InChI is InChI=1S/C16H24N2O3/c1-12(2)9-14(16(20)21-3)18-15(19)11-17-10-13-7-5-4-6-8-13/h4-8,12,14,17H,9-11H2,1-3H3,(H,18,19)/t14-/m1/s1. The highest BCUT2D eigenvalue weighted by molar-refractivity contribution is 5.85.